The summed E-state index contributed by atoms with van der Waals surface area (Å²) in [5.41, 5.74) is 0.536. The summed E-state index contributed by atoms with van der Waals surface area (Å²) in [5, 5.41) is 3.60. The molecule has 2 saturated heterocycles. The summed E-state index contributed by atoms with van der Waals surface area (Å²) < 4.78 is 0. The van der Waals surface area contributed by atoms with Crippen molar-refractivity contribution in [3.05, 3.63) is 0 Å². The van der Waals surface area contributed by atoms with E-state index in [1.54, 1.807) is 0 Å². The van der Waals surface area contributed by atoms with Gasteiger partial charge in [0.2, 0.25) is 0 Å². The highest BCUT2D eigenvalue weighted by atomic mass is 15.2. The van der Waals surface area contributed by atoms with E-state index in [4.69, 9.17) is 0 Å². The van der Waals surface area contributed by atoms with Gasteiger partial charge in [0.25, 0.3) is 0 Å². The second-order valence-electron chi connectivity index (χ2n) is 4.17. The van der Waals surface area contributed by atoms with E-state index >= 15 is 0 Å². The molecule has 10 heavy (non-hydrogen) atoms. The summed E-state index contributed by atoms with van der Waals surface area (Å²) in [4.78, 5) is 2.29. The number of hydrogen-bond donors (Lipinski definition) is 1. The molecule has 3 rings (SSSR count). The first-order valence-electron chi connectivity index (χ1n) is 4.10. The molecule has 0 unspecified atom stereocenters. The number of rotatable bonds is 2. The van der Waals surface area contributed by atoms with Gasteiger partial charge in [-0.3, -0.25) is 0 Å². The first-order chi connectivity index (χ1) is 4.70. The predicted octanol–water partition coefficient (Wildman–Crippen LogP) is 0.300. The molecule has 1 saturated carbocycles. The SMILES string of the molecule is CN(C)CC12CC(CN1)C2. The van der Waals surface area contributed by atoms with E-state index in [0.717, 1.165) is 5.92 Å². The Morgan fingerprint density at radius 2 is 2.20 bits per heavy atom. The number of likely N-dealkylation sites (N-methyl/N-ethyl adjacent to an activating group) is 1. The zero-order valence-corrected chi connectivity index (χ0v) is 6.85. The molecule has 2 nitrogen and oxygen atoms in total. The zero-order valence-electron chi connectivity index (χ0n) is 6.85. The predicted molar refractivity (Wildman–Crippen MR) is 42.0 cm³/mol. The van der Waals surface area contributed by atoms with E-state index < -0.39 is 0 Å². The lowest BCUT2D eigenvalue weighted by Gasteiger charge is -2.39. The molecule has 2 bridgehead atoms. The molecule has 1 N–H and O–H groups in total. The van der Waals surface area contributed by atoms with Gasteiger partial charge in [-0.2, -0.15) is 0 Å². The quantitative estimate of drug-likeness (QED) is 0.593. The highest BCUT2D eigenvalue weighted by Crippen LogP contribution is 2.43. The van der Waals surface area contributed by atoms with Crippen LogP contribution in [0.2, 0.25) is 0 Å². The third-order valence-electron chi connectivity index (χ3n) is 2.74. The summed E-state index contributed by atoms with van der Waals surface area (Å²) in [6.45, 7) is 2.50. The van der Waals surface area contributed by atoms with E-state index in [0.29, 0.717) is 5.54 Å². The van der Waals surface area contributed by atoms with Gasteiger partial charge >= 0.3 is 0 Å². The topological polar surface area (TPSA) is 15.3 Å². The number of hydrogen-bond acceptors (Lipinski definition) is 2. The van der Waals surface area contributed by atoms with Crippen molar-refractivity contribution in [2.45, 2.75) is 18.4 Å². The van der Waals surface area contributed by atoms with E-state index in [-0.39, 0.29) is 0 Å². The summed E-state index contributed by atoms with van der Waals surface area (Å²) in [7, 11) is 4.31. The molecule has 2 heteroatoms. The maximum Gasteiger partial charge on any atom is 0.0314 e. The minimum atomic E-state index is 0.536. The molecule has 58 valence electrons. The number of nitrogens with one attached hydrogen (secondary N) is 1. The lowest BCUT2D eigenvalue weighted by molar-refractivity contribution is 0.169. The molecule has 0 atom stereocenters. The molecule has 0 spiro atoms. The van der Waals surface area contributed by atoms with Gasteiger partial charge < -0.3 is 10.2 Å². The van der Waals surface area contributed by atoms with Crippen LogP contribution in [0.1, 0.15) is 12.8 Å². The minimum absolute atomic E-state index is 0.536. The maximum absolute atomic E-state index is 3.60. The van der Waals surface area contributed by atoms with E-state index in [1.165, 1.54) is 25.9 Å². The summed E-state index contributed by atoms with van der Waals surface area (Å²) in [6, 6.07) is 0. The molecule has 3 fully saturated rings. The Morgan fingerprint density at radius 1 is 1.50 bits per heavy atom. The average Bonchev–Trinajstić information content (AvgIpc) is 2.18. The molecule has 1 aliphatic carbocycles. The molecule has 2 aliphatic heterocycles. The summed E-state index contributed by atoms with van der Waals surface area (Å²) in [5.74, 6) is 1.01. The van der Waals surface area contributed by atoms with Crippen LogP contribution in [0.25, 0.3) is 0 Å². The Bertz CT molecular complexity index is 131. The van der Waals surface area contributed by atoms with Crippen LogP contribution in [-0.4, -0.2) is 37.6 Å². The first kappa shape index (κ1) is 6.62. The van der Waals surface area contributed by atoms with Crippen molar-refractivity contribution in [3.8, 4) is 0 Å². The monoisotopic (exact) mass is 140 g/mol. The molecule has 0 aromatic carbocycles. The molecule has 0 aromatic rings. The van der Waals surface area contributed by atoms with Crippen LogP contribution in [0.5, 0.6) is 0 Å². The van der Waals surface area contributed by atoms with Crippen molar-refractivity contribution in [3.63, 3.8) is 0 Å². The molecular weight excluding hydrogens is 124 g/mol. The van der Waals surface area contributed by atoms with E-state index in [2.05, 4.69) is 24.3 Å². The number of fused-ring (bicyclic) bond motifs is 1. The molecule has 3 aliphatic rings. The molecule has 0 aromatic heterocycles. The van der Waals surface area contributed by atoms with Crippen molar-refractivity contribution in [1.29, 1.82) is 0 Å². The second kappa shape index (κ2) is 1.95. The summed E-state index contributed by atoms with van der Waals surface area (Å²) >= 11 is 0. The first-order valence-corrected chi connectivity index (χ1v) is 4.10. The van der Waals surface area contributed by atoms with Gasteiger partial charge in [-0.05, 0) is 39.4 Å². The highest BCUT2D eigenvalue weighted by Gasteiger charge is 2.49. The molecule has 2 heterocycles. The van der Waals surface area contributed by atoms with E-state index in [9.17, 15) is 0 Å². The lowest BCUT2D eigenvalue weighted by Crippen LogP contribution is -2.50. The van der Waals surface area contributed by atoms with E-state index in [1.807, 2.05) is 0 Å². The van der Waals surface area contributed by atoms with Gasteiger partial charge in [-0.1, -0.05) is 0 Å². The second-order valence-corrected chi connectivity index (χ2v) is 4.17. The third-order valence-corrected chi connectivity index (χ3v) is 2.74. The Labute approximate surface area is 62.6 Å². The average molecular weight is 140 g/mol. The van der Waals surface area contributed by atoms with Crippen molar-refractivity contribution in [2.24, 2.45) is 5.92 Å². The third kappa shape index (κ3) is 0.867. The van der Waals surface area contributed by atoms with Gasteiger partial charge in [0.1, 0.15) is 0 Å². The molecule has 0 radical (unpaired) electrons. The number of nitrogens with zero attached hydrogens (tertiary/aromatic N) is 1. The Kier molecular flexibility index (Phi) is 1.29. The van der Waals surface area contributed by atoms with Crippen LogP contribution in [0, 0.1) is 5.92 Å². The van der Waals surface area contributed by atoms with Gasteiger partial charge in [-0.25, -0.2) is 0 Å². The van der Waals surface area contributed by atoms with Crippen LogP contribution in [0.3, 0.4) is 0 Å². The fourth-order valence-corrected chi connectivity index (χ4v) is 2.49. The summed E-state index contributed by atoms with van der Waals surface area (Å²) in [6.07, 6.45) is 2.84. The van der Waals surface area contributed by atoms with Crippen molar-refractivity contribution in [1.82, 2.24) is 10.2 Å². The van der Waals surface area contributed by atoms with Crippen LogP contribution >= 0.6 is 0 Å². The van der Waals surface area contributed by atoms with Gasteiger partial charge in [0, 0.05) is 12.1 Å². The Hall–Kier alpha value is -0.0800. The molecule has 0 amide bonds. The van der Waals surface area contributed by atoms with Gasteiger partial charge in [-0.15, -0.1) is 0 Å². The van der Waals surface area contributed by atoms with Gasteiger partial charge in [0.05, 0.1) is 0 Å². The minimum Gasteiger partial charge on any atom is -0.310 e. The normalized spacial score (nSPS) is 44.1. The standard InChI is InChI=1S/C8H16N2/c1-10(2)6-8-3-7(4-8)5-9-8/h7,9H,3-6H2,1-2H3. The van der Waals surface area contributed by atoms with Crippen LogP contribution < -0.4 is 5.32 Å². The lowest BCUT2D eigenvalue weighted by atomic mass is 9.73. The van der Waals surface area contributed by atoms with Crippen molar-refractivity contribution >= 4 is 0 Å². The zero-order chi connectivity index (χ0) is 7.19. The van der Waals surface area contributed by atoms with Crippen molar-refractivity contribution in [2.75, 3.05) is 27.2 Å². The highest BCUT2D eigenvalue weighted by molar-refractivity contribution is 5.09. The Morgan fingerprint density at radius 3 is 2.60 bits per heavy atom. The fourth-order valence-electron chi connectivity index (χ4n) is 2.49. The largest absolute Gasteiger partial charge is 0.310 e. The van der Waals surface area contributed by atoms with Crippen LogP contribution in [0.15, 0.2) is 0 Å². The van der Waals surface area contributed by atoms with Crippen LogP contribution in [-0.2, 0) is 0 Å². The molecular formula is C8H16N2. The van der Waals surface area contributed by atoms with Gasteiger partial charge in [0.15, 0.2) is 0 Å². The Balaban J connectivity index is 1.92. The fraction of sp³-hybridized carbons (Fsp3) is 1.00. The van der Waals surface area contributed by atoms with Crippen molar-refractivity contribution < 1.29 is 0 Å². The smallest absolute Gasteiger partial charge is 0.0314 e. The van der Waals surface area contributed by atoms with Crippen LogP contribution in [0.4, 0.5) is 0 Å². The maximum atomic E-state index is 3.60.